The van der Waals surface area contributed by atoms with Gasteiger partial charge in [-0.2, -0.15) is 0 Å². The summed E-state index contributed by atoms with van der Waals surface area (Å²) in [4.78, 5) is 0. The van der Waals surface area contributed by atoms with Crippen LogP contribution in [-0.4, -0.2) is 22.5 Å². The summed E-state index contributed by atoms with van der Waals surface area (Å²) < 4.78 is 0. The Balaban J connectivity index is 1.47. The average molecular weight is 591 g/mol. The summed E-state index contributed by atoms with van der Waals surface area (Å²) >= 11 is 0. The Kier molecular flexibility index (Phi) is 9.17. The molecule has 0 atom stereocenters. The van der Waals surface area contributed by atoms with Crippen LogP contribution in [0.2, 0.25) is 0 Å². The lowest BCUT2D eigenvalue weighted by Crippen LogP contribution is -2.29. The van der Waals surface area contributed by atoms with Crippen molar-refractivity contribution in [3.63, 3.8) is 0 Å². The first-order valence-corrected chi connectivity index (χ1v) is 17.5. The predicted molar refractivity (Wildman–Crippen MR) is 184 cm³/mol. The van der Waals surface area contributed by atoms with E-state index in [1.807, 2.05) is 12.1 Å². The van der Waals surface area contributed by atoms with Gasteiger partial charge in [-0.15, -0.1) is 0 Å². The van der Waals surface area contributed by atoms with Crippen LogP contribution in [0.3, 0.4) is 0 Å². The maximum Gasteiger partial charge on any atom is 0.119 e. The van der Waals surface area contributed by atoms with Gasteiger partial charge < -0.3 is 10.2 Å². The fourth-order valence-corrected chi connectivity index (χ4v) is 11.1. The fraction of sp³-hybridized carbons (Fsp3) is 0.211. The molecule has 0 bridgehead atoms. The average Bonchev–Trinajstić information content (AvgIpc) is 3.01. The van der Waals surface area contributed by atoms with Crippen molar-refractivity contribution in [3.05, 3.63) is 145 Å². The van der Waals surface area contributed by atoms with E-state index < -0.39 is 15.8 Å². The zero-order valence-corrected chi connectivity index (χ0v) is 26.7. The minimum atomic E-state index is -0.668. The van der Waals surface area contributed by atoms with Gasteiger partial charge >= 0.3 is 0 Å². The van der Waals surface area contributed by atoms with Crippen LogP contribution in [0.15, 0.2) is 133 Å². The van der Waals surface area contributed by atoms with E-state index in [9.17, 15) is 10.2 Å². The minimum absolute atomic E-state index is 0.251. The van der Waals surface area contributed by atoms with Crippen LogP contribution >= 0.6 is 15.8 Å². The molecule has 0 radical (unpaired) electrons. The van der Waals surface area contributed by atoms with Crippen molar-refractivity contribution in [2.75, 3.05) is 12.3 Å². The number of aromatic hydroxyl groups is 2. The second-order valence-corrected chi connectivity index (χ2v) is 16.6. The molecule has 4 heteroatoms. The quantitative estimate of drug-likeness (QED) is 0.128. The van der Waals surface area contributed by atoms with Gasteiger partial charge in [0.05, 0.1) is 0 Å². The van der Waals surface area contributed by atoms with E-state index in [0.29, 0.717) is 0 Å². The summed E-state index contributed by atoms with van der Waals surface area (Å²) in [6.07, 6.45) is 1.69. The summed E-state index contributed by atoms with van der Waals surface area (Å²) in [7, 11) is -1.34. The fourth-order valence-electron chi connectivity index (χ4n) is 5.72. The molecule has 0 amide bonds. The van der Waals surface area contributed by atoms with Gasteiger partial charge in [-0.3, -0.25) is 0 Å². The molecule has 0 heterocycles. The van der Waals surface area contributed by atoms with Gasteiger partial charge in [-0.25, -0.2) is 0 Å². The van der Waals surface area contributed by atoms with Gasteiger partial charge in [0.2, 0.25) is 0 Å². The number of rotatable bonds is 10. The van der Waals surface area contributed by atoms with Gasteiger partial charge in [-0.05, 0) is 72.3 Å². The molecule has 0 saturated heterocycles. The molecule has 0 aromatic heterocycles. The van der Waals surface area contributed by atoms with E-state index in [4.69, 9.17) is 0 Å². The van der Waals surface area contributed by atoms with Crippen molar-refractivity contribution in [1.82, 2.24) is 0 Å². The van der Waals surface area contributed by atoms with Crippen molar-refractivity contribution in [2.45, 2.75) is 38.5 Å². The third-order valence-corrected chi connectivity index (χ3v) is 13.9. The van der Waals surface area contributed by atoms with Crippen molar-refractivity contribution in [3.8, 4) is 11.5 Å². The van der Waals surface area contributed by atoms with Gasteiger partial charge in [0.15, 0.2) is 0 Å². The Bertz CT molecular complexity index is 1380. The van der Waals surface area contributed by atoms with Crippen LogP contribution < -0.4 is 21.2 Å². The normalized spacial score (nSPS) is 12.1. The zero-order valence-electron chi connectivity index (χ0n) is 24.9. The molecule has 5 aromatic carbocycles. The van der Waals surface area contributed by atoms with Crippen LogP contribution in [0.5, 0.6) is 11.5 Å². The van der Waals surface area contributed by atoms with Crippen molar-refractivity contribution < 1.29 is 10.2 Å². The summed E-state index contributed by atoms with van der Waals surface area (Å²) in [6, 6.07) is 46.3. The maximum absolute atomic E-state index is 11.5. The first kappa shape index (κ1) is 30.0. The summed E-state index contributed by atoms with van der Waals surface area (Å²) in [6.45, 7) is 8.71. The molecule has 5 rings (SSSR count). The molecular weight excluding hydrogens is 550 g/mol. The lowest BCUT2D eigenvalue weighted by molar-refractivity contribution is 0.420. The highest BCUT2D eigenvalue weighted by molar-refractivity contribution is 7.73. The van der Waals surface area contributed by atoms with E-state index in [1.54, 1.807) is 0 Å². The van der Waals surface area contributed by atoms with E-state index in [-0.39, 0.29) is 22.3 Å². The molecule has 0 aliphatic rings. The second-order valence-electron chi connectivity index (χ2n) is 12.2. The van der Waals surface area contributed by atoms with Crippen LogP contribution in [0, 0.1) is 0 Å². The Hall–Kier alpha value is -3.44. The topological polar surface area (TPSA) is 40.5 Å². The number of benzene rings is 5. The third kappa shape index (κ3) is 6.78. The first-order chi connectivity index (χ1) is 20.2. The monoisotopic (exact) mass is 590 g/mol. The van der Waals surface area contributed by atoms with Crippen molar-refractivity contribution in [1.29, 1.82) is 0 Å². The second kappa shape index (κ2) is 12.8. The van der Waals surface area contributed by atoms with Gasteiger partial charge in [-0.1, -0.05) is 149 Å². The largest absolute Gasteiger partial charge is 0.508 e. The van der Waals surface area contributed by atoms with Crippen LogP contribution in [-0.2, 0) is 10.8 Å². The van der Waals surface area contributed by atoms with Crippen LogP contribution in [0.4, 0.5) is 0 Å². The van der Waals surface area contributed by atoms with E-state index in [0.717, 1.165) is 23.5 Å². The number of hydrogen-bond acceptors (Lipinski definition) is 2. The van der Waals surface area contributed by atoms with Gasteiger partial charge in [0, 0.05) is 11.1 Å². The Morgan fingerprint density at radius 2 is 0.667 bits per heavy atom. The molecule has 5 aromatic rings. The molecule has 0 fully saturated rings. The molecule has 2 N–H and O–H groups in total. The molecular formula is C38H40O2P2. The minimum Gasteiger partial charge on any atom is -0.508 e. The smallest absolute Gasteiger partial charge is 0.119 e. The number of phenols is 2. The number of phenolic OH excluding ortho intramolecular Hbond substituents is 2. The highest BCUT2D eigenvalue weighted by atomic mass is 31.1. The molecule has 0 aliphatic carbocycles. The lowest BCUT2D eigenvalue weighted by Gasteiger charge is -2.34. The molecule has 0 unspecified atom stereocenters. The Morgan fingerprint density at radius 3 is 0.905 bits per heavy atom. The van der Waals surface area contributed by atoms with Crippen LogP contribution in [0.25, 0.3) is 0 Å². The standard InChI is InChI=1S/C38H40O2P2/c1-37(2,27-41(29-17-9-5-10-18-29)30-19-11-6-12-20-30)33-25-36(40)34(26-35(33)39)38(3,4)28-42(31-21-13-7-14-22-31)32-23-15-8-16-24-32/h5-26,39-40H,27-28H2,1-4H3. The maximum atomic E-state index is 11.5. The summed E-state index contributed by atoms with van der Waals surface area (Å²) in [5.41, 5.74) is 0.824. The predicted octanol–water partition coefficient (Wildman–Crippen LogP) is 7.92. The molecule has 42 heavy (non-hydrogen) atoms. The molecule has 0 saturated carbocycles. The molecule has 0 spiro atoms. The first-order valence-electron chi connectivity index (χ1n) is 14.5. The third-order valence-electron chi connectivity index (χ3n) is 7.95. The molecule has 2 nitrogen and oxygen atoms in total. The van der Waals surface area contributed by atoms with Gasteiger partial charge in [0.1, 0.15) is 11.5 Å². The van der Waals surface area contributed by atoms with E-state index >= 15 is 0 Å². The lowest BCUT2D eigenvalue weighted by atomic mass is 9.80. The zero-order chi connectivity index (χ0) is 29.7. The SMILES string of the molecule is CC(C)(CP(c1ccccc1)c1ccccc1)c1cc(O)c(C(C)(C)CP(c2ccccc2)c2ccccc2)cc1O. The highest BCUT2D eigenvalue weighted by Gasteiger charge is 2.34. The number of hydrogen-bond donors (Lipinski definition) is 2. The highest BCUT2D eigenvalue weighted by Crippen LogP contribution is 2.49. The van der Waals surface area contributed by atoms with Crippen molar-refractivity contribution >= 4 is 37.1 Å². The van der Waals surface area contributed by atoms with Gasteiger partial charge in [0.25, 0.3) is 0 Å². The Morgan fingerprint density at radius 1 is 0.429 bits per heavy atom. The molecule has 0 aliphatic heterocycles. The Labute approximate surface area is 253 Å². The van der Waals surface area contributed by atoms with Crippen molar-refractivity contribution in [2.24, 2.45) is 0 Å². The summed E-state index contributed by atoms with van der Waals surface area (Å²) in [5, 5.41) is 28.3. The summed E-state index contributed by atoms with van der Waals surface area (Å²) in [5.74, 6) is 0.501. The van der Waals surface area contributed by atoms with E-state index in [1.165, 1.54) is 21.2 Å². The van der Waals surface area contributed by atoms with Crippen LogP contribution in [0.1, 0.15) is 38.8 Å². The molecule has 214 valence electrons. The van der Waals surface area contributed by atoms with E-state index in [2.05, 4.69) is 149 Å².